The van der Waals surface area contributed by atoms with Gasteiger partial charge in [-0.15, -0.1) is 0 Å². The number of rotatable bonds is 31. The van der Waals surface area contributed by atoms with E-state index in [2.05, 4.69) is 4.90 Å². The Labute approximate surface area is 498 Å². The van der Waals surface area contributed by atoms with Crippen LogP contribution in [-0.4, -0.2) is 111 Å². The molecule has 10 atom stereocenters. The quantitative estimate of drug-likeness (QED) is 0.0230. The molecule has 0 N–H and O–H groups in total. The number of ether oxygens (including phenoxy) is 11. The van der Waals surface area contributed by atoms with Crippen molar-refractivity contribution < 1.29 is 66.5 Å². The fourth-order valence-corrected chi connectivity index (χ4v) is 10.4. The van der Waals surface area contributed by atoms with E-state index >= 15 is 0 Å². The Morgan fingerprint density at radius 2 is 0.918 bits per heavy atom. The van der Waals surface area contributed by atoms with Crippen molar-refractivity contribution in [2.24, 2.45) is 0 Å². The minimum Gasteiger partial charge on any atom is -0.460 e. The number of esters is 3. The molecule has 5 unspecified atom stereocenters. The first-order chi connectivity index (χ1) is 41.7. The van der Waals surface area contributed by atoms with Crippen LogP contribution in [-0.2, 0) is 101 Å². The molecule has 2 aliphatic rings. The van der Waals surface area contributed by atoms with E-state index in [0.29, 0.717) is 25.9 Å². The van der Waals surface area contributed by atoms with Crippen LogP contribution in [0.3, 0.4) is 0 Å². The van der Waals surface area contributed by atoms with E-state index in [1.807, 2.05) is 195 Å². The monoisotopic (exact) mass is 1160 g/mol. The molecule has 2 fully saturated rings. The number of nitrogens with zero attached hydrogens (tertiary/aromatic N) is 1. The first-order valence-corrected chi connectivity index (χ1v) is 29.3. The number of hydrogen-bond donors (Lipinski definition) is 0. The van der Waals surface area contributed by atoms with Crippen LogP contribution >= 0.6 is 0 Å². The highest BCUT2D eigenvalue weighted by molar-refractivity contribution is 5.89. The maximum absolute atomic E-state index is 14.5. The normalized spacial score (nSPS) is 22.1. The number of carbonyl (C=O) groups is 3. The maximum atomic E-state index is 14.5. The molecule has 2 aliphatic heterocycles. The van der Waals surface area contributed by atoms with Crippen LogP contribution in [0.15, 0.2) is 212 Å². The van der Waals surface area contributed by atoms with Gasteiger partial charge in [0.2, 0.25) is 0 Å². The van der Waals surface area contributed by atoms with E-state index in [1.54, 1.807) is 24.3 Å². The first-order valence-electron chi connectivity index (χ1n) is 29.3. The van der Waals surface area contributed by atoms with Crippen molar-refractivity contribution in [1.29, 1.82) is 0 Å². The third-order valence-corrected chi connectivity index (χ3v) is 14.7. The Bertz CT molecular complexity index is 3020. The molecule has 0 spiro atoms. The van der Waals surface area contributed by atoms with Crippen molar-refractivity contribution in [3.8, 4) is 0 Å². The van der Waals surface area contributed by atoms with Gasteiger partial charge in [0.15, 0.2) is 24.8 Å². The molecule has 15 nitrogen and oxygen atoms in total. The second kappa shape index (κ2) is 33.3. The zero-order valence-corrected chi connectivity index (χ0v) is 48.3. The highest BCUT2D eigenvalue weighted by Gasteiger charge is 2.55. The summed E-state index contributed by atoms with van der Waals surface area (Å²) in [4.78, 5) is 43.3. The molecule has 2 saturated heterocycles. The summed E-state index contributed by atoms with van der Waals surface area (Å²) in [6.07, 6.45) is -8.61. The Morgan fingerprint density at radius 1 is 0.447 bits per heavy atom. The third-order valence-electron chi connectivity index (χ3n) is 14.7. The molecule has 7 aromatic carbocycles. The summed E-state index contributed by atoms with van der Waals surface area (Å²) in [7, 11) is 0. The van der Waals surface area contributed by atoms with Gasteiger partial charge in [0.25, 0.3) is 0 Å². The third kappa shape index (κ3) is 19.6. The molecule has 85 heavy (non-hydrogen) atoms. The van der Waals surface area contributed by atoms with Crippen LogP contribution in [0.2, 0.25) is 0 Å². The van der Waals surface area contributed by atoms with Crippen LogP contribution in [0, 0.1) is 0 Å². The van der Waals surface area contributed by atoms with Crippen molar-refractivity contribution in [3.63, 3.8) is 0 Å². The maximum Gasteiger partial charge on any atom is 0.338 e. The lowest BCUT2D eigenvalue weighted by molar-refractivity contribution is -0.366. The smallest absolute Gasteiger partial charge is 0.338 e. The largest absolute Gasteiger partial charge is 0.460 e. The molecular formula is C70H77NO14. The summed E-state index contributed by atoms with van der Waals surface area (Å²) in [5, 5.41) is 0. The van der Waals surface area contributed by atoms with Crippen molar-refractivity contribution >= 4 is 17.9 Å². The van der Waals surface area contributed by atoms with Crippen LogP contribution in [0.1, 0.15) is 76.8 Å². The fourth-order valence-electron chi connectivity index (χ4n) is 10.4. The molecular weight excluding hydrogens is 1080 g/mol. The van der Waals surface area contributed by atoms with Gasteiger partial charge in [-0.25, -0.2) is 4.79 Å². The number of benzene rings is 7. The van der Waals surface area contributed by atoms with E-state index in [-0.39, 0.29) is 64.3 Å². The van der Waals surface area contributed by atoms with Crippen LogP contribution < -0.4 is 0 Å². The van der Waals surface area contributed by atoms with Gasteiger partial charge in [0.05, 0.1) is 51.2 Å². The van der Waals surface area contributed by atoms with Gasteiger partial charge < -0.3 is 52.1 Å². The molecule has 7 aromatic rings. The highest BCUT2D eigenvalue weighted by atomic mass is 16.8. The van der Waals surface area contributed by atoms with Crippen molar-refractivity contribution in [1.82, 2.24) is 4.90 Å². The van der Waals surface area contributed by atoms with E-state index in [1.165, 1.54) is 6.92 Å². The minimum absolute atomic E-state index is 0.00592. The second-order valence-electron chi connectivity index (χ2n) is 21.2. The molecule has 9 rings (SSSR count). The van der Waals surface area contributed by atoms with Crippen molar-refractivity contribution in [3.05, 3.63) is 251 Å². The Hall–Kier alpha value is -7.41. The van der Waals surface area contributed by atoms with Gasteiger partial charge >= 0.3 is 17.9 Å². The lowest BCUT2D eigenvalue weighted by Crippen LogP contribution is -2.66. The van der Waals surface area contributed by atoms with Crippen LogP contribution in [0.25, 0.3) is 0 Å². The van der Waals surface area contributed by atoms with Crippen LogP contribution in [0.5, 0.6) is 0 Å². The summed E-state index contributed by atoms with van der Waals surface area (Å²) in [5.74, 6) is -1.58. The van der Waals surface area contributed by atoms with Gasteiger partial charge in [-0.3, -0.25) is 14.5 Å². The highest BCUT2D eigenvalue weighted by Crippen LogP contribution is 2.37. The van der Waals surface area contributed by atoms with Crippen molar-refractivity contribution in [2.45, 2.75) is 134 Å². The van der Waals surface area contributed by atoms with E-state index in [4.69, 9.17) is 52.1 Å². The lowest BCUT2D eigenvalue weighted by atomic mass is 9.96. The Balaban J connectivity index is 1.00. The lowest BCUT2D eigenvalue weighted by Gasteiger charge is -2.49. The average molecular weight is 1160 g/mol. The Kier molecular flexibility index (Phi) is 24.4. The SMILES string of the molecule is CC(=O)O[C@H]1C(OCc2ccccc2)[C@@H](OCc2ccccc2)C(C)O[C@H]1OC1C(OC(=O)c2ccccc2)[C@H](OCCCCCN(CC(=O)OCc2ccccc2)Cc2ccccc2)OC(COCc2ccccc2)[C@@H]1OCc1ccccc1. The number of hydrogen-bond acceptors (Lipinski definition) is 15. The molecule has 446 valence electrons. The van der Waals surface area contributed by atoms with E-state index < -0.39 is 73.4 Å². The Morgan fingerprint density at radius 3 is 1.46 bits per heavy atom. The number of carbonyl (C=O) groups excluding carboxylic acids is 3. The summed E-state index contributed by atoms with van der Waals surface area (Å²) in [6, 6.07) is 67.2. The van der Waals surface area contributed by atoms with E-state index in [0.717, 1.165) is 39.8 Å². The molecule has 0 saturated carbocycles. The zero-order chi connectivity index (χ0) is 58.8. The van der Waals surface area contributed by atoms with Gasteiger partial charge in [-0.1, -0.05) is 200 Å². The molecule has 0 aromatic heterocycles. The van der Waals surface area contributed by atoms with Crippen LogP contribution in [0.4, 0.5) is 0 Å². The molecule has 2 heterocycles. The molecule has 0 amide bonds. The van der Waals surface area contributed by atoms with Gasteiger partial charge in [-0.2, -0.15) is 0 Å². The predicted octanol–water partition coefficient (Wildman–Crippen LogP) is 11.4. The molecule has 0 aliphatic carbocycles. The predicted molar refractivity (Wildman–Crippen MR) is 318 cm³/mol. The summed E-state index contributed by atoms with van der Waals surface area (Å²) in [5.41, 5.74) is 5.90. The number of unbranched alkanes of at least 4 members (excludes halogenated alkanes) is 2. The van der Waals surface area contributed by atoms with Crippen molar-refractivity contribution in [2.75, 3.05) is 26.3 Å². The van der Waals surface area contributed by atoms with Gasteiger partial charge in [-0.05, 0) is 78.2 Å². The molecule has 15 heteroatoms. The van der Waals surface area contributed by atoms with Gasteiger partial charge in [0.1, 0.15) is 37.1 Å². The summed E-state index contributed by atoms with van der Waals surface area (Å²) < 4.78 is 73.2. The molecule has 0 radical (unpaired) electrons. The summed E-state index contributed by atoms with van der Waals surface area (Å²) >= 11 is 0. The van der Waals surface area contributed by atoms with E-state index in [9.17, 15) is 14.4 Å². The minimum atomic E-state index is -1.35. The van der Waals surface area contributed by atoms with Gasteiger partial charge in [0, 0.05) is 20.1 Å². The standard InChI is InChI=1S/C70H77NO14/c1-51-62(78-47-56-33-17-6-18-34-56)64(80-49-58-37-21-8-22-38-58)66(82-52(2)72)70(81-51)85-65-63(79-48-57-35-19-7-20-36-57)60(50-75-45-54-29-13-4-14-30-54)83-69(67(65)84-68(74)59-39-23-9-24-40-59)76-42-26-10-25-41-71(43-53-27-11-3-12-28-53)44-61(73)77-46-55-31-15-5-16-32-55/h3-9,11-24,27-40,51,60,62-67,69-70H,10,25-26,41-50H2,1-2H3/t51?,60?,62-,63-,64?,65?,66-,67?,69+,70-/m0/s1. The first kappa shape index (κ1) is 62.1. The summed E-state index contributed by atoms with van der Waals surface area (Å²) in [6.45, 7) is 5.59. The topological polar surface area (TPSA) is 156 Å². The molecule has 0 bridgehead atoms. The average Bonchev–Trinajstić information content (AvgIpc) is 3.58. The second-order valence-corrected chi connectivity index (χ2v) is 21.2. The fraction of sp³-hybridized carbons (Fsp3) is 0.357. The zero-order valence-electron chi connectivity index (χ0n) is 48.3.